The predicted molar refractivity (Wildman–Crippen MR) is 66.4 cm³/mol. The van der Waals surface area contributed by atoms with Crippen LogP contribution in [0, 0.1) is 28.1 Å². The van der Waals surface area contributed by atoms with Gasteiger partial charge in [-0.05, 0) is 38.5 Å². The Labute approximate surface area is 98.9 Å². The van der Waals surface area contributed by atoms with Gasteiger partial charge >= 0.3 is 0 Å². The monoisotopic (exact) mass is 216 g/mol. The molecule has 86 valence electrons. The lowest BCUT2D eigenvalue weighted by Gasteiger charge is -2.22. The summed E-state index contributed by atoms with van der Waals surface area (Å²) in [4.78, 5) is 0. The van der Waals surface area contributed by atoms with Crippen molar-refractivity contribution in [1.82, 2.24) is 0 Å². The van der Waals surface area contributed by atoms with Crippen molar-refractivity contribution in [3.63, 3.8) is 0 Å². The van der Waals surface area contributed by atoms with E-state index >= 15 is 0 Å². The maximum atomic E-state index is 8.62. The average Bonchev–Trinajstić information content (AvgIpc) is 2.18. The molecule has 0 aromatic carbocycles. The lowest BCUT2D eigenvalue weighted by molar-refractivity contribution is 0.342. The second kappa shape index (κ2) is 6.85. The molecule has 0 aliphatic rings. The topological polar surface area (TPSA) is 47.6 Å². The quantitative estimate of drug-likeness (QED) is 0.512. The van der Waals surface area contributed by atoms with Gasteiger partial charge in [-0.1, -0.05) is 31.6 Å². The molecule has 0 heterocycles. The third-order valence-corrected chi connectivity index (χ3v) is 2.47. The first-order chi connectivity index (χ1) is 7.41. The Balaban J connectivity index is 4.27. The highest BCUT2D eigenvalue weighted by molar-refractivity contribution is 5.34. The molecule has 0 atom stereocenters. The Bertz CT molecular complexity index is 339. The summed E-state index contributed by atoms with van der Waals surface area (Å²) in [7, 11) is 0. The third kappa shape index (κ3) is 6.85. The van der Waals surface area contributed by atoms with E-state index in [0.29, 0.717) is 0 Å². The predicted octanol–water partition coefficient (Wildman–Crippen LogP) is 4.12. The summed E-state index contributed by atoms with van der Waals surface area (Å²) >= 11 is 0. The summed E-state index contributed by atoms with van der Waals surface area (Å²) in [6.45, 7) is 8.51. The van der Waals surface area contributed by atoms with Gasteiger partial charge in [-0.3, -0.25) is 0 Å². The zero-order valence-corrected chi connectivity index (χ0v) is 10.7. The number of nitriles is 2. The van der Waals surface area contributed by atoms with Gasteiger partial charge in [0.05, 0.1) is 0 Å². The van der Waals surface area contributed by atoms with Crippen LogP contribution >= 0.6 is 0 Å². The first kappa shape index (κ1) is 14.5. The van der Waals surface area contributed by atoms with Gasteiger partial charge in [0.1, 0.15) is 17.7 Å². The number of nitrogens with zero attached hydrogens (tertiary/aromatic N) is 2. The molecule has 0 aromatic rings. The smallest absolute Gasteiger partial charge is 0.125 e. The van der Waals surface area contributed by atoms with Crippen molar-refractivity contribution in [2.45, 2.75) is 47.0 Å². The van der Waals surface area contributed by atoms with E-state index in [9.17, 15) is 0 Å². The van der Waals surface area contributed by atoms with E-state index in [1.807, 2.05) is 12.1 Å². The van der Waals surface area contributed by atoms with Crippen molar-refractivity contribution < 1.29 is 0 Å². The number of hydrogen-bond donors (Lipinski definition) is 0. The molecule has 0 bridgehead atoms. The Morgan fingerprint density at radius 2 is 1.69 bits per heavy atom. The van der Waals surface area contributed by atoms with Crippen LogP contribution in [0.1, 0.15) is 47.0 Å². The summed E-state index contributed by atoms with van der Waals surface area (Å²) in [5, 5.41) is 17.2. The van der Waals surface area contributed by atoms with Crippen LogP contribution in [-0.2, 0) is 0 Å². The Kier molecular flexibility index (Phi) is 6.19. The van der Waals surface area contributed by atoms with Gasteiger partial charge in [0, 0.05) is 0 Å². The third-order valence-electron chi connectivity index (χ3n) is 2.47. The van der Waals surface area contributed by atoms with Crippen LogP contribution in [0.15, 0.2) is 23.3 Å². The van der Waals surface area contributed by atoms with Crippen molar-refractivity contribution in [2.75, 3.05) is 0 Å². The summed E-state index contributed by atoms with van der Waals surface area (Å²) < 4.78 is 0. The number of rotatable bonds is 5. The second-order valence-electron chi connectivity index (χ2n) is 5.03. The minimum atomic E-state index is 0.144. The molecule has 0 N–H and O–H groups in total. The molecule has 0 aromatic heterocycles. The van der Waals surface area contributed by atoms with Gasteiger partial charge in [0.2, 0.25) is 0 Å². The van der Waals surface area contributed by atoms with Crippen LogP contribution in [0.25, 0.3) is 0 Å². The van der Waals surface area contributed by atoms with Crippen molar-refractivity contribution in [3.8, 4) is 12.1 Å². The van der Waals surface area contributed by atoms with Gasteiger partial charge in [0.15, 0.2) is 0 Å². The SMILES string of the molecule is CC(C)=CCCC(C)(C)CC=C(C#N)C#N. The van der Waals surface area contributed by atoms with Crippen LogP contribution in [0.5, 0.6) is 0 Å². The molecule has 0 spiro atoms. The van der Waals surface area contributed by atoms with Crippen molar-refractivity contribution in [1.29, 1.82) is 10.5 Å². The summed E-state index contributed by atoms with van der Waals surface area (Å²) in [5.41, 5.74) is 1.70. The Hall–Kier alpha value is -1.54. The van der Waals surface area contributed by atoms with Crippen LogP contribution in [-0.4, -0.2) is 0 Å². The molecule has 2 heteroatoms. The molecule has 2 nitrogen and oxygen atoms in total. The average molecular weight is 216 g/mol. The Morgan fingerprint density at radius 3 is 2.12 bits per heavy atom. The largest absolute Gasteiger partial charge is 0.192 e. The second-order valence-corrected chi connectivity index (χ2v) is 5.03. The molecule has 0 aliphatic carbocycles. The molecular weight excluding hydrogens is 196 g/mol. The highest BCUT2D eigenvalue weighted by atomic mass is 14.3. The van der Waals surface area contributed by atoms with E-state index in [0.717, 1.165) is 19.3 Å². The first-order valence-corrected chi connectivity index (χ1v) is 5.55. The highest BCUT2D eigenvalue weighted by Crippen LogP contribution is 2.28. The molecule has 0 saturated heterocycles. The van der Waals surface area contributed by atoms with E-state index in [4.69, 9.17) is 10.5 Å². The normalized spacial score (nSPS) is 9.88. The van der Waals surface area contributed by atoms with Crippen molar-refractivity contribution >= 4 is 0 Å². The minimum absolute atomic E-state index is 0.144. The van der Waals surface area contributed by atoms with E-state index < -0.39 is 0 Å². The molecule has 0 rings (SSSR count). The fourth-order valence-electron chi connectivity index (χ4n) is 1.35. The zero-order chi connectivity index (χ0) is 12.6. The highest BCUT2D eigenvalue weighted by Gasteiger charge is 2.15. The van der Waals surface area contributed by atoms with Gasteiger partial charge in [0.25, 0.3) is 0 Å². The fourth-order valence-corrected chi connectivity index (χ4v) is 1.35. The fraction of sp³-hybridized carbons (Fsp3) is 0.571. The van der Waals surface area contributed by atoms with E-state index in [1.165, 1.54) is 5.57 Å². The lowest BCUT2D eigenvalue weighted by Crippen LogP contribution is -2.09. The van der Waals surface area contributed by atoms with Gasteiger partial charge in [-0.2, -0.15) is 10.5 Å². The van der Waals surface area contributed by atoms with Crippen LogP contribution in [0.4, 0.5) is 0 Å². The van der Waals surface area contributed by atoms with Crippen molar-refractivity contribution in [3.05, 3.63) is 23.3 Å². The van der Waals surface area contributed by atoms with E-state index in [1.54, 1.807) is 6.08 Å². The molecular formula is C14H20N2. The summed E-state index contributed by atoms with van der Waals surface area (Å²) in [5.74, 6) is 0. The standard InChI is InChI=1S/C14H20N2/c1-12(2)6-5-8-14(3,4)9-7-13(10-15)11-16/h6-7H,5,8-9H2,1-4H3. The Morgan fingerprint density at radius 1 is 1.12 bits per heavy atom. The first-order valence-electron chi connectivity index (χ1n) is 5.55. The molecule has 0 aliphatic heterocycles. The van der Waals surface area contributed by atoms with Crippen LogP contribution in [0.3, 0.4) is 0 Å². The van der Waals surface area contributed by atoms with Gasteiger partial charge < -0.3 is 0 Å². The molecule has 16 heavy (non-hydrogen) atoms. The van der Waals surface area contributed by atoms with E-state index in [-0.39, 0.29) is 11.0 Å². The minimum Gasteiger partial charge on any atom is -0.192 e. The molecule has 0 saturated carbocycles. The number of allylic oxidation sites excluding steroid dienone is 4. The van der Waals surface area contributed by atoms with E-state index in [2.05, 4.69) is 33.8 Å². The maximum absolute atomic E-state index is 8.62. The summed E-state index contributed by atoms with van der Waals surface area (Å²) in [6, 6.07) is 3.77. The van der Waals surface area contributed by atoms with Crippen LogP contribution in [0.2, 0.25) is 0 Å². The summed E-state index contributed by atoms with van der Waals surface area (Å²) in [6.07, 6.45) is 6.86. The van der Waals surface area contributed by atoms with Crippen LogP contribution < -0.4 is 0 Å². The molecule has 0 amide bonds. The maximum Gasteiger partial charge on any atom is 0.125 e. The zero-order valence-electron chi connectivity index (χ0n) is 10.7. The van der Waals surface area contributed by atoms with Gasteiger partial charge in [-0.15, -0.1) is 0 Å². The number of hydrogen-bond acceptors (Lipinski definition) is 2. The molecule has 0 fully saturated rings. The van der Waals surface area contributed by atoms with Crippen molar-refractivity contribution in [2.24, 2.45) is 5.41 Å². The van der Waals surface area contributed by atoms with Gasteiger partial charge in [-0.25, -0.2) is 0 Å². The molecule has 0 radical (unpaired) electrons. The molecule has 0 unspecified atom stereocenters. The lowest BCUT2D eigenvalue weighted by atomic mass is 9.83.